The van der Waals surface area contributed by atoms with Crippen LogP contribution in [0, 0.1) is 0 Å². The largest absolute Gasteiger partial charge is 0.476 e. The topological polar surface area (TPSA) is 92.2 Å². The van der Waals surface area contributed by atoms with Crippen LogP contribution in [0.25, 0.3) is 10.2 Å². The zero-order chi connectivity index (χ0) is 14.8. The highest BCUT2D eigenvalue weighted by Gasteiger charge is 2.11. The molecule has 2 heterocycles. The first-order valence-electron chi connectivity index (χ1n) is 5.92. The van der Waals surface area contributed by atoms with Gasteiger partial charge in [0.05, 0.1) is 22.3 Å². The van der Waals surface area contributed by atoms with Gasteiger partial charge in [-0.1, -0.05) is 0 Å². The number of thiazole rings is 2. The molecule has 2 aromatic heterocycles. The minimum Gasteiger partial charge on any atom is -0.476 e. The Morgan fingerprint density at radius 3 is 2.90 bits per heavy atom. The number of nitrogens with one attached hydrogen (secondary N) is 1. The van der Waals surface area contributed by atoms with E-state index < -0.39 is 5.97 Å². The van der Waals surface area contributed by atoms with Gasteiger partial charge in [0.25, 0.3) is 5.91 Å². The monoisotopic (exact) mass is 319 g/mol. The Morgan fingerprint density at radius 2 is 2.14 bits per heavy atom. The van der Waals surface area contributed by atoms with E-state index in [-0.39, 0.29) is 18.1 Å². The number of carbonyl (C=O) groups is 2. The zero-order valence-corrected chi connectivity index (χ0v) is 12.2. The van der Waals surface area contributed by atoms with Crippen LogP contribution in [0.4, 0.5) is 0 Å². The lowest BCUT2D eigenvalue weighted by Crippen LogP contribution is -2.22. The number of carbonyl (C=O) groups excluding carboxylic acids is 1. The van der Waals surface area contributed by atoms with E-state index in [1.54, 1.807) is 23.7 Å². The smallest absolute Gasteiger partial charge is 0.355 e. The number of nitrogens with zero attached hydrogens (tertiary/aromatic N) is 2. The summed E-state index contributed by atoms with van der Waals surface area (Å²) in [5, 5.41) is 13.5. The molecule has 21 heavy (non-hydrogen) atoms. The third kappa shape index (κ3) is 2.91. The second-order valence-electron chi connectivity index (χ2n) is 4.15. The summed E-state index contributed by atoms with van der Waals surface area (Å²) in [6.07, 6.45) is 0. The fraction of sp³-hybridized carbons (Fsp3) is 0.0769. The summed E-state index contributed by atoms with van der Waals surface area (Å²) in [6.45, 7) is 0.206. The van der Waals surface area contributed by atoms with E-state index in [4.69, 9.17) is 5.11 Å². The summed E-state index contributed by atoms with van der Waals surface area (Å²) < 4.78 is 0.949. The molecular formula is C13H9N3O3S2. The maximum atomic E-state index is 12.1. The number of hydrogen-bond donors (Lipinski definition) is 2. The van der Waals surface area contributed by atoms with Gasteiger partial charge in [0.15, 0.2) is 5.69 Å². The van der Waals surface area contributed by atoms with Gasteiger partial charge in [0.1, 0.15) is 5.01 Å². The van der Waals surface area contributed by atoms with E-state index in [2.05, 4.69) is 15.3 Å². The summed E-state index contributed by atoms with van der Waals surface area (Å²) in [5.74, 6) is -1.29. The number of fused-ring (bicyclic) bond motifs is 1. The first-order chi connectivity index (χ1) is 10.1. The van der Waals surface area contributed by atoms with Gasteiger partial charge in [-0.2, -0.15) is 0 Å². The fourth-order valence-corrected chi connectivity index (χ4v) is 3.17. The van der Waals surface area contributed by atoms with Crippen molar-refractivity contribution < 1.29 is 14.7 Å². The molecule has 1 amide bonds. The molecule has 0 aliphatic heterocycles. The molecule has 0 unspecified atom stereocenters. The Kier molecular flexibility index (Phi) is 3.63. The summed E-state index contributed by atoms with van der Waals surface area (Å²) >= 11 is 2.68. The molecule has 0 radical (unpaired) electrons. The predicted molar refractivity (Wildman–Crippen MR) is 79.9 cm³/mol. The van der Waals surface area contributed by atoms with E-state index in [9.17, 15) is 9.59 Å². The second-order valence-corrected chi connectivity index (χ2v) is 5.98. The average molecular weight is 319 g/mol. The standard InChI is InChI=1S/C13H9N3O3S2/c17-12(7-1-2-8-10(3-7)21-6-15-8)14-4-11-16-9(5-20-11)13(18)19/h1-3,5-6H,4H2,(H,14,17)(H,18,19). The highest BCUT2D eigenvalue weighted by Crippen LogP contribution is 2.19. The van der Waals surface area contributed by atoms with Crippen LogP contribution in [-0.2, 0) is 6.54 Å². The number of carboxylic acid groups (broad SMARTS) is 1. The molecular weight excluding hydrogens is 310 g/mol. The molecule has 6 nitrogen and oxygen atoms in total. The van der Waals surface area contributed by atoms with Crippen molar-refractivity contribution in [1.29, 1.82) is 0 Å². The fourth-order valence-electron chi connectivity index (χ4n) is 1.74. The summed E-state index contributed by atoms with van der Waals surface area (Å²) in [6, 6.07) is 5.29. The maximum Gasteiger partial charge on any atom is 0.355 e. The minimum atomic E-state index is -1.07. The molecule has 2 N–H and O–H groups in total. The molecule has 1 aromatic carbocycles. The number of amides is 1. The molecule has 3 rings (SSSR count). The van der Waals surface area contributed by atoms with E-state index in [0.29, 0.717) is 10.6 Å². The van der Waals surface area contributed by atoms with Crippen molar-refractivity contribution in [3.63, 3.8) is 0 Å². The third-order valence-electron chi connectivity index (χ3n) is 2.76. The number of hydrogen-bond acceptors (Lipinski definition) is 6. The van der Waals surface area contributed by atoms with Crippen LogP contribution >= 0.6 is 22.7 Å². The van der Waals surface area contributed by atoms with Gasteiger partial charge in [0.2, 0.25) is 0 Å². The Bertz CT molecular complexity index is 825. The third-order valence-corrected chi connectivity index (χ3v) is 4.41. The van der Waals surface area contributed by atoms with Crippen LogP contribution in [0.3, 0.4) is 0 Å². The lowest BCUT2D eigenvalue weighted by molar-refractivity contribution is 0.0691. The molecule has 0 fully saturated rings. The molecule has 0 bridgehead atoms. The van der Waals surface area contributed by atoms with Crippen LogP contribution in [0.15, 0.2) is 29.1 Å². The molecule has 0 saturated heterocycles. The SMILES string of the molecule is O=C(NCc1nc(C(=O)O)cs1)c1ccc2ncsc2c1. The number of benzene rings is 1. The van der Waals surface area contributed by atoms with Gasteiger partial charge in [-0.25, -0.2) is 14.8 Å². The molecule has 3 aromatic rings. The molecule has 8 heteroatoms. The van der Waals surface area contributed by atoms with Crippen molar-refractivity contribution in [3.8, 4) is 0 Å². The molecule has 0 saturated carbocycles. The van der Waals surface area contributed by atoms with E-state index in [1.165, 1.54) is 28.1 Å². The van der Waals surface area contributed by atoms with Crippen molar-refractivity contribution >= 4 is 44.8 Å². The number of aromatic nitrogens is 2. The van der Waals surface area contributed by atoms with Gasteiger partial charge >= 0.3 is 5.97 Å². The summed E-state index contributed by atoms with van der Waals surface area (Å²) in [4.78, 5) is 30.9. The Hall–Kier alpha value is -2.32. The first kappa shape index (κ1) is 13.7. The van der Waals surface area contributed by atoms with Crippen molar-refractivity contribution in [3.05, 3.63) is 45.4 Å². The number of rotatable bonds is 4. The lowest BCUT2D eigenvalue weighted by atomic mass is 10.2. The number of carboxylic acids is 1. The quantitative estimate of drug-likeness (QED) is 0.770. The van der Waals surface area contributed by atoms with E-state index in [1.807, 2.05) is 0 Å². The zero-order valence-electron chi connectivity index (χ0n) is 10.6. The Morgan fingerprint density at radius 1 is 1.29 bits per heavy atom. The molecule has 0 spiro atoms. The summed E-state index contributed by atoms with van der Waals surface area (Å²) in [5.41, 5.74) is 3.13. The average Bonchev–Trinajstić information content (AvgIpc) is 3.12. The van der Waals surface area contributed by atoms with Gasteiger partial charge in [0, 0.05) is 10.9 Å². The first-order valence-corrected chi connectivity index (χ1v) is 7.68. The number of aromatic carboxylic acids is 1. The van der Waals surface area contributed by atoms with Crippen LogP contribution in [0.1, 0.15) is 25.9 Å². The lowest BCUT2D eigenvalue weighted by Gasteiger charge is -2.03. The highest BCUT2D eigenvalue weighted by atomic mass is 32.1. The summed E-state index contributed by atoms with van der Waals surface area (Å²) in [7, 11) is 0. The van der Waals surface area contributed by atoms with Crippen molar-refractivity contribution in [2.45, 2.75) is 6.54 Å². The molecule has 106 valence electrons. The highest BCUT2D eigenvalue weighted by molar-refractivity contribution is 7.16. The van der Waals surface area contributed by atoms with Crippen molar-refractivity contribution in [2.75, 3.05) is 0 Å². The predicted octanol–water partition coefficient (Wildman–Crippen LogP) is 2.38. The van der Waals surface area contributed by atoms with Crippen molar-refractivity contribution in [1.82, 2.24) is 15.3 Å². The van der Waals surface area contributed by atoms with Gasteiger partial charge in [-0.05, 0) is 18.2 Å². The van der Waals surface area contributed by atoms with Gasteiger partial charge < -0.3 is 10.4 Å². The van der Waals surface area contributed by atoms with E-state index in [0.717, 1.165) is 10.2 Å². The van der Waals surface area contributed by atoms with E-state index >= 15 is 0 Å². The van der Waals surface area contributed by atoms with Crippen LogP contribution in [0.2, 0.25) is 0 Å². The normalized spacial score (nSPS) is 10.7. The molecule has 0 atom stereocenters. The Balaban J connectivity index is 1.69. The van der Waals surface area contributed by atoms with Crippen LogP contribution < -0.4 is 5.32 Å². The molecule has 0 aliphatic rings. The van der Waals surface area contributed by atoms with Gasteiger partial charge in [-0.3, -0.25) is 4.79 Å². The van der Waals surface area contributed by atoms with Crippen LogP contribution in [0.5, 0.6) is 0 Å². The van der Waals surface area contributed by atoms with Gasteiger partial charge in [-0.15, -0.1) is 22.7 Å². The second kappa shape index (κ2) is 5.58. The maximum absolute atomic E-state index is 12.1. The Labute approximate surface area is 127 Å². The molecule has 0 aliphatic carbocycles. The van der Waals surface area contributed by atoms with Crippen molar-refractivity contribution in [2.24, 2.45) is 0 Å². The minimum absolute atomic E-state index is 0.00433. The van der Waals surface area contributed by atoms with Crippen LogP contribution in [-0.4, -0.2) is 27.0 Å².